The van der Waals surface area contributed by atoms with Crippen molar-refractivity contribution in [2.24, 2.45) is 0 Å². The Balaban J connectivity index is 1.85. The third kappa shape index (κ3) is 3.47. The lowest BCUT2D eigenvalue weighted by atomic mass is 9.80. The van der Waals surface area contributed by atoms with Crippen molar-refractivity contribution in [3.8, 4) is 17.0 Å². The van der Waals surface area contributed by atoms with E-state index in [4.69, 9.17) is 4.74 Å². The fourth-order valence-corrected chi connectivity index (χ4v) is 5.52. The number of hydrogen-bond donors (Lipinski definition) is 1. The zero-order chi connectivity index (χ0) is 22.4. The van der Waals surface area contributed by atoms with E-state index in [2.05, 4.69) is 28.6 Å². The molecule has 0 radical (unpaired) electrons. The number of nitrogens with zero attached hydrogens (tertiary/aromatic N) is 2. The predicted octanol–water partition coefficient (Wildman–Crippen LogP) is 5.46. The topological polar surface area (TPSA) is 54.7 Å². The summed E-state index contributed by atoms with van der Waals surface area (Å²) in [5.74, 6) is -0.320. The van der Waals surface area contributed by atoms with Crippen molar-refractivity contribution in [1.29, 1.82) is 0 Å². The average Bonchev–Trinajstić information content (AvgIpc) is 3.09. The highest BCUT2D eigenvalue weighted by atomic mass is 19.1. The van der Waals surface area contributed by atoms with Gasteiger partial charge in [-0.3, -0.25) is 0 Å². The van der Waals surface area contributed by atoms with Crippen molar-refractivity contribution >= 4 is 16.9 Å². The predicted molar refractivity (Wildman–Crippen MR) is 123 cm³/mol. The van der Waals surface area contributed by atoms with Gasteiger partial charge in [-0.1, -0.05) is 18.9 Å². The summed E-state index contributed by atoms with van der Waals surface area (Å²) in [6.45, 7) is 2.31. The van der Waals surface area contributed by atoms with E-state index in [1.165, 1.54) is 0 Å². The first-order chi connectivity index (χ1) is 15.5. The number of aromatic carboxylic acids is 1. The molecular formula is C26H29FN2O3. The van der Waals surface area contributed by atoms with Crippen LogP contribution in [0.3, 0.4) is 0 Å². The van der Waals surface area contributed by atoms with E-state index in [-0.39, 0.29) is 11.5 Å². The van der Waals surface area contributed by atoms with Gasteiger partial charge >= 0.3 is 5.97 Å². The number of carboxylic acids is 1. The highest BCUT2D eigenvalue weighted by Crippen LogP contribution is 2.46. The Kier molecular flexibility index (Phi) is 5.41. The van der Waals surface area contributed by atoms with Gasteiger partial charge in [-0.2, -0.15) is 0 Å². The number of carboxylic acid groups (broad SMARTS) is 1. The lowest BCUT2D eigenvalue weighted by molar-refractivity contribution is 0.0697. The maximum Gasteiger partial charge on any atom is 0.335 e. The molecule has 1 aromatic heterocycles. The Morgan fingerprint density at radius 1 is 1.12 bits per heavy atom. The number of carbonyl (C=O) groups is 1. The largest absolute Gasteiger partial charge is 0.497 e. The van der Waals surface area contributed by atoms with E-state index in [9.17, 15) is 9.90 Å². The van der Waals surface area contributed by atoms with Crippen LogP contribution in [-0.4, -0.2) is 47.4 Å². The third-order valence-corrected chi connectivity index (χ3v) is 7.12. The van der Waals surface area contributed by atoms with E-state index < -0.39 is 12.1 Å². The molecule has 0 spiro atoms. The van der Waals surface area contributed by atoms with Gasteiger partial charge in [-0.15, -0.1) is 0 Å². The molecule has 0 unspecified atom stereocenters. The molecule has 1 saturated carbocycles. The molecule has 2 aliphatic rings. The Hall–Kier alpha value is -2.86. The van der Waals surface area contributed by atoms with Crippen LogP contribution in [0, 0.1) is 0 Å². The molecule has 1 fully saturated rings. The molecule has 3 aromatic rings. The average molecular weight is 437 g/mol. The maximum atomic E-state index is 15.3. The number of methoxy groups -OCH3 is 1. The van der Waals surface area contributed by atoms with Crippen molar-refractivity contribution in [2.45, 2.75) is 50.9 Å². The van der Waals surface area contributed by atoms with Crippen molar-refractivity contribution in [3.05, 3.63) is 53.1 Å². The second kappa shape index (κ2) is 8.24. The van der Waals surface area contributed by atoms with E-state index in [1.807, 2.05) is 12.1 Å². The third-order valence-electron chi connectivity index (χ3n) is 7.12. The highest BCUT2D eigenvalue weighted by Gasteiger charge is 2.34. The quantitative estimate of drug-likeness (QED) is 0.593. The van der Waals surface area contributed by atoms with Crippen molar-refractivity contribution in [1.82, 2.24) is 9.47 Å². The number of aromatic nitrogens is 1. The molecule has 1 N–H and O–H groups in total. The van der Waals surface area contributed by atoms with E-state index in [0.717, 1.165) is 77.9 Å². The van der Waals surface area contributed by atoms with E-state index in [1.54, 1.807) is 19.2 Å². The Bertz CT molecular complexity index is 1190. The van der Waals surface area contributed by atoms with Gasteiger partial charge in [0.25, 0.3) is 0 Å². The summed E-state index contributed by atoms with van der Waals surface area (Å²) in [6.07, 6.45) is 2.46. The number of fused-ring (bicyclic) bond motifs is 5. The van der Waals surface area contributed by atoms with E-state index in [0.29, 0.717) is 6.42 Å². The van der Waals surface area contributed by atoms with Crippen molar-refractivity contribution in [3.63, 3.8) is 0 Å². The molecule has 2 heterocycles. The summed E-state index contributed by atoms with van der Waals surface area (Å²) >= 11 is 0. The van der Waals surface area contributed by atoms with Gasteiger partial charge in [0.2, 0.25) is 0 Å². The van der Waals surface area contributed by atoms with Crippen LogP contribution in [0.4, 0.5) is 4.39 Å². The minimum Gasteiger partial charge on any atom is -0.497 e. The molecule has 5 rings (SSSR count). The molecule has 0 bridgehead atoms. The zero-order valence-electron chi connectivity index (χ0n) is 18.6. The maximum absolute atomic E-state index is 15.3. The van der Waals surface area contributed by atoms with Gasteiger partial charge in [0, 0.05) is 42.0 Å². The highest BCUT2D eigenvalue weighted by molar-refractivity contribution is 5.98. The standard InChI is InChI=1S/C26H29FN2O3/c1-28-11-12-29-23-14-16(26(30)31)7-9-21(23)24(20-5-3-4-6-22(20)27)25(29)19-10-8-18(32-2)13-17(19)15-28/h7-10,13-14,20,22H,3-6,11-12,15H2,1-2H3,(H,30,31)/t20-,22-/m1/s1. The van der Waals surface area contributed by atoms with Gasteiger partial charge < -0.3 is 19.3 Å². The van der Waals surface area contributed by atoms with Crippen LogP contribution < -0.4 is 4.74 Å². The zero-order valence-corrected chi connectivity index (χ0v) is 18.6. The number of rotatable bonds is 3. The molecule has 168 valence electrons. The number of halogens is 1. The minimum absolute atomic E-state index is 0.176. The summed E-state index contributed by atoms with van der Waals surface area (Å²) in [5.41, 5.74) is 5.45. The van der Waals surface area contributed by atoms with Gasteiger partial charge in [-0.05, 0) is 61.3 Å². The van der Waals surface area contributed by atoms with Crippen LogP contribution in [0.2, 0.25) is 0 Å². The lowest BCUT2D eigenvalue weighted by Crippen LogP contribution is -2.26. The molecule has 32 heavy (non-hydrogen) atoms. The molecule has 0 saturated heterocycles. The summed E-state index contributed by atoms with van der Waals surface area (Å²) < 4.78 is 23.0. The minimum atomic E-state index is -0.946. The smallest absolute Gasteiger partial charge is 0.335 e. The Morgan fingerprint density at radius 2 is 1.94 bits per heavy atom. The van der Waals surface area contributed by atoms with Crippen LogP contribution >= 0.6 is 0 Å². The second-order valence-corrected chi connectivity index (χ2v) is 9.12. The first kappa shape index (κ1) is 21.0. The number of hydrogen-bond acceptors (Lipinski definition) is 3. The van der Waals surface area contributed by atoms with Crippen LogP contribution in [-0.2, 0) is 13.1 Å². The van der Waals surface area contributed by atoms with E-state index >= 15 is 4.39 Å². The first-order valence-electron chi connectivity index (χ1n) is 11.4. The molecule has 1 aliphatic heterocycles. The summed E-state index contributed by atoms with van der Waals surface area (Å²) in [4.78, 5) is 14.0. The monoisotopic (exact) mass is 436 g/mol. The molecule has 2 atom stereocenters. The fraction of sp³-hybridized carbons (Fsp3) is 0.423. The number of ether oxygens (including phenoxy) is 1. The molecule has 1 aliphatic carbocycles. The molecular weight excluding hydrogens is 407 g/mol. The molecule has 2 aromatic carbocycles. The number of alkyl halides is 1. The Labute approximate surface area is 187 Å². The molecule has 5 nitrogen and oxygen atoms in total. The first-order valence-corrected chi connectivity index (χ1v) is 11.4. The van der Waals surface area contributed by atoms with Crippen LogP contribution in [0.1, 0.15) is 53.1 Å². The molecule has 0 amide bonds. The SMILES string of the molecule is COc1ccc2c(c1)CN(C)CCn1c-2c([C@@H]2CCCC[C@H]2F)c2ccc(C(=O)O)cc21. The van der Waals surface area contributed by atoms with Crippen LogP contribution in [0.25, 0.3) is 22.2 Å². The van der Waals surface area contributed by atoms with Crippen LogP contribution in [0.5, 0.6) is 5.75 Å². The number of likely N-dealkylation sites (N-methyl/N-ethyl adjacent to an activating group) is 1. The van der Waals surface area contributed by atoms with Gasteiger partial charge in [0.05, 0.1) is 18.4 Å². The van der Waals surface area contributed by atoms with Gasteiger partial charge in [0.1, 0.15) is 11.9 Å². The number of benzene rings is 2. The summed E-state index contributed by atoms with van der Waals surface area (Å²) in [5, 5.41) is 10.6. The van der Waals surface area contributed by atoms with Crippen molar-refractivity contribution < 1.29 is 19.0 Å². The van der Waals surface area contributed by atoms with Crippen LogP contribution in [0.15, 0.2) is 36.4 Å². The van der Waals surface area contributed by atoms with Gasteiger partial charge in [0.15, 0.2) is 0 Å². The summed E-state index contributed by atoms with van der Waals surface area (Å²) in [7, 11) is 3.75. The second-order valence-electron chi connectivity index (χ2n) is 9.12. The Morgan fingerprint density at radius 3 is 2.69 bits per heavy atom. The molecule has 6 heteroatoms. The summed E-state index contributed by atoms with van der Waals surface area (Å²) in [6, 6.07) is 11.4. The van der Waals surface area contributed by atoms with Gasteiger partial charge in [-0.25, -0.2) is 9.18 Å². The normalized spacial score (nSPS) is 21.5. The fourth-order valence-electron chi connectivity index (χ4n) is 5.52. The lowest BCUT2D eigenvalue weighted by Gasteiger charge is -2.29. The van der Waals surface area contributed by atoms with Crippen molar-refractivity contribution in [2.75, 3.05) is 20.7 Å².